The molecule has 1 N–H and O–H groups in total. The summed E-state index contributed by atoms with van der Waals surface area (Å²) in [5, 5.41) is 0. The monoisotopic (exact) mass is 601 g/mol. The molecule has 0 spiro atoms. The zero-order valence-electron chi connectivity index (χ0n) is 21.5. The Kier molecular flexibility index (Phi) is 10.5. The molecule has 14 heteroatoms. The fraction of sp³-hybridized carbons (Fsp3) is 0.480. The van der Waals surface area contributed by atoms with Gasteiger partial charge in [0, 0.05) is 44.3 Å². The van der Waals surface area contributed by atoms with Crippen LogP contribution in [0.1, 0.15) is 38.2 Å². The summed E-state index contributed by atoms with van der Waals surface area (Å²) in [7, 11) is -3.41. The van der Waals surface area contributed by atoms with E-state index in [0.29, 0.717) is 25.1 Å². The van der Waals surface area contributed by atoms with E-state index in [4.69, 9.17) is 0 Å². The highest BCUT2D eigenvalue weighted by Gasteiger charge is 2.39. The molecule has 2 aromatic carbocycles. The smallest absolute Gasteiger partial charge is 0.333 e. The number of carbonyl (C=O) groups excluding carboxylic acids is 1. The molecule has 1 saturated heterocycles. The van der Waals surface area contributed by atoms with E-state index in [1.54, 1.807) is 0 Å². The predicted octanol–water partition coefficient (Wildman–Crippen LogP) is 4.68. The van der Waals surface area contributed by atoms with E-state index in [2.05, 4.69) is 4.72 Å². The topological polar surface area (TPSA) is 69.7 Å². The summed E-state index contributed by atoms with van der Waals surface area (Å²) in [5.41, 5.74) is -0.893. The second-order valence-corrected chi connectivity index (χ2v) is 11.4. The molecule has 2 aromatic rings. The van der Waals surface area contributed by atoms with Crippen molar-refractivity contribution in [2.45, 2.75) is 38.7 Å². The van der Waals surface area contributed by atoms with Gasteiger partial charge in [-0.25, -0.2) is 13.1 Å². The molecule has 0 saturated carbocycles. The summed E-state index contributed by atoms with van der Waals surface area (Å²) < 4.78 is 105. The van der Waals surface area contributed by atoms with Gasteiger partial charge >= 0.3 is 12.4 Å². The van der Waals surface area contributed by atoms with Gasteiger partial charge in [-0.05, 0) is 55.2 Å². The van der Waals surface area contributed by atoms with E-state index in [0.717, 1.165) is 22.9 Å². The number of rotatable bonds is 7. The van der Waals surface area contributed by atoms with Crippen LogP contribution in [0.2, 0.25) is 0 Å². The Labute approximate surface area is 229 Å². The molecule has 1 atom stereocenters. The quantitative estimate of drug-likeness (QED) is 0.468. The molecule has 6 nitrogen and oxygen atoms in total. The molecule has 3 rings (SSSR count). The average Bonchev–Trinajstić information content (AvgIpc) is 2.79. The number of carbonyl (C=O) groups is 1. The van der Waals surface area contributed by atoms with Gasteiger partial charge in [0.05, 0.1) is 17.4 Å². The maximum Gasteiger partial charge on any atom is 0.416 e. The van der Waals surface area contributed by atoms with Crippen molar-refractivity contribution < 1.29 is 39.6 Å². The van der Waals surface area contributed by atoms with E-state index >= 15 is 0 Å². The first-order valence-electron chi connectivity index (χ1n) is 11.8. The van der Waals surface area contributed by atoms with Gasteiger partial charge in [0.15, 0.2) is 0 Å². The van der Waals surface area contributed by atoms with Crippen molar-refractivity contribution >= 4 is 28.3 Å². The van der Waals surface area contributed by atoms with Crippen LogP contribution in [0.15, 0.2) is 36.4 Å². The minimum Gasteiger partial charge on any atom is -0.333 e. The van der Waals surface area contributed by atoms with Gasteiger partial charge < -0.3 is 4.90 Å². The van der Waals surface area contributed by atoms with Crippen molar-refractivity contribution in [1.82, 2.24) is 14.5 Å². The van der Waals surface area contributed by atoms with Gasteiger partial charge in [-0.15, -0.1) is 12.4 Å². The number of nitrogens with one attached hydrogen (secondary N) is 1. The molecule has 218 valence electrons. The van der Waals surface area contributed by atoms with Crippen molar-refractivity contribution in [1.29, 1.82) is 0 Å². The first-order valence-corrected chi connectivity index (χ1v) is 13.7. The minimum absolute atomic E-state index is 0. The second kappa shape index (κ2) is 12.4. The maximum atomic E-state index is 13.4. The Hall–Kier alpha value is -2.35. The fourth-order valence-electron chi connectivity index (χ4n) is 4.40. The minimum atomic E-state index is -5.07. The van der Waals surface area contributed by atoms with Gasteiger partial charge in [0.25, 0.3) is 5.91 Å². The molecule has 39 heavy (non-hydrogen) atoms. The largest absolute Gasteiger partial charge is 0.416 e. The number of hydrogen-bond acceptors (Lipinski definition) is 4. The number of aryl methyl sites for hydroxylation is 2. The Morgan fingerprint density at radius 2 is 1.54 bits per heavy atom. The lowest BCUT2D eigenvalue weighted by Gasteiger charge is -2.42. The van der Waals surface area contributed by atoms with Gasteiger partial charge in [0.1, 0.15) is 0 Å². The lowest BCUT2D eigenvalue weighted by atomic mass is 9.97. The van der Waals surface area contributed by atoms with Crippen LogP contribution < -0.4 is 4.72 Å². The Balaban J connectivity index is 0.00000533. The number of alkyl halides is 6. The zero-order chi connectivity index (χ0) is 28.5. The number of nitrogens with zero attached hydrogens (tertiary/aromatic N) is 2. The molecule has 0 radical (unpaired) electrons. The van der Waals surface area contributed by atoms with Crippen LogP contribution in [0, 0.1) is 13.8 Å². The molecule has 1 aliphatic heterocycles. The Bertz CT molecular complexity index is 1250. The molecule has 1 amide bonds. The van der Waals surface area contributed by atoms with E-state index in [1.165, 1.54) is 4.90 Å². The lowest BCUT2D eigenvalue weighted by molar-refractivity contribution is -0.143. The van der Waals surface area contributed by atoms with Crippen LogP contribution in [0.4, 0.5) is 26.3 Å². The first-order chi connectivity index (χ1) is 17.4. The highest BCUT2D eigenvalue weighted by atomic mass is 35.5. The molecule has 1 fully saturated rings. The number of amides is 1. The van der Waals surface area contributed by atoms with Crippen molar-refractivity contribution in [3.63, 3.8) is 0 Å². The lowest BCUT2D eigenvalue weighted by Crippen LogP contribution is -2.57. The van der Waals surface area contributed by atoms with E-state index in [-0.39, 0.29) is 44.7 Å². The number of halogens is 7. The third kappa shape index (κ3) is 9.09. The third-order valence-corrected chi connectivity index (χ3v) is 7.23. The van der Waals surface area contributed by atoms with Crippen LogP contribution in [-0.2, 0) is 28.8 Å². The van der Waals surface area contributed by atoms with Crippen molar-refractivity contribution in [2.75, 3.05) is 39.0 Å². The van der Waals surface area contributed by atoms with Crippen LogP contribution >= 0.6 is 12.4 Å². The van der Waals surface area contributed by atoms with E-state index in [1.807, 2.05) is 36.9 Å². The normalized spacial score (nSPS) is 17.2. The van der Waals surface area contributed by atoms with Crippen molar-refractivity contribution in [3.8, 4) is 0 Å². The van der Waals surface area contributed by atoms with Crippen molar-refractivity contribution in [2.24, 2.45) is 0 Å². The van der Waals surface area contributed by atoms with Gasteiger partial charge in [0.2, 0.25) is 10.0 Å². The summed E-state index contributed by atoms with van der Waals surface area (Å²) >= 11 is 0. The summed E-state index contributed by atoms with van der Waals surface area (Å²) in [6.07, 6.45) is -8.80. The molecule has 0 aliphatic carbocycles. The molecule has 1 aliphatic rings. The third-order valence-electron chi connectivity index (χ3n) is 6.50. The van der Waals surface area contributed by atoms with Crippen LogP contribution in [-0.4, -0.2) is 69.1 Å². The maximum absolute atomic E-state index is 13.4. The number of piperazine rings is 1. The highest BCUT2D eigenvalue weighted by Crippen LogP contribution is 2.37. The molecular weight excluding hydrogens is 572 g/mol. The molecule has 1 unspecified atom stereocenters. The summed E-state index contributed by atoms with van der Waals surface area (Å²) in [6, 6.07) is 6.02. The van der Waals surface area contributed by atoms with E-state index < -0.39 is 51.0 Å². The SMILES string of the molecule is Cc1ccc(CC2CN(CCNS(C)(=O)=O)CCN2C(=O)c2cc(C(F)(F)F)cc(C(F)(F)F)c2)cc1C.Cl. The Morgan fingerprint density at radius 3 is 2.05 bits per heavy atom. The van der Waals surface area contributed by atoms with Gasteiger partial charge in [-0.2, -0.15) is 26.3 Å². The zero-order valence-corrected chi connectivity index (χ0v) is 23.1. The number of benzene rings is 2. The number of sulfonamides is 1. The van der Waals surface area contributed by atoms with Gasteiger partial charge in [-0.3, -0.25) is 9.69 Å². The van der Waals surface area contributed by atoms with E-state index in [9.17, 15) is 39.6 Å². The van der Waals surface area contributed by atoms with Crippen LogP contribution in [0.25, 0.3) is 0 Å². The van der Waals surface area contributed by atoms with Gasteiger partial charge in [-0.1, -0.05) is 18.2 Å². The highest BCUT2D eigenvalue weighted by molar-refractivity contribution is 7.88. The molecule has 0 aromatic heterocycles. The Morgan fingerprint density at radius 1 is 0.949 bits per heavy atom. The molecule has 0 bridgehead atoms. The summed E-state index contributed by atoms with van der Waals surface area (Å²) in [4.78, 5) is 16.6. The summed E-state index contributed by atoms with van der Waals surface area (Å²) in [6.45, 7) is 4.85. The molecular formula is C25H30ClF6N3O3S. The fourth-order valence-corrected chi connectivity index (χ4v) is 4.86. The molecule has 1 heterocycles. The predicted molar refractivity (Wildman–Crippen MR) is 137 cm³/mol. The standard InChI is InChI=1S/C25H29F6N3O3S.ClH/c1-16-4-5-18(10-17(16)2)11-22-15-33(7-6-32-38(3,36)37)8-9-34(22)23(35)19-12-20(24(26,27)28)14-21(13-19)25(29,30)31;/h4-5,10,12-14,22,32H,6-9,11,15H2,1-3H3;1H. The average molecular weight is 602 g/mol. The number of hydrogen-bond donors (Lipinski definition) is 1. The first kappa shape index (κ1) is 32.9. The van der Waals surface area contributed by atoms with Crippen LogP contribution in [0.5, 0.6) is 0 Å². The van der Waals surface area contributed by atoms with Crippen molar-refractivity contribution in [3.05, 3.63) is 69.8 Å². The second-order valence-electron chi connectivity index (χ2n) is 9.54. The summed E-state index contributed by atoms with van der Waals surface area (Å²) in [5.74, 6) is -0.927. The van der Waals surface area contributed by atoms with Crippen LogP contribution in [0.3, 0.4) is 0 Å².